The van der Waals surface area contributed by atoms with Gasteiger partial charge in [0.25, 0.3) is 11.8 Å². The Bertz CT molecular complexity index is 988. The van der Waals surface area contributed by atoms with Crippen LogP contribution in [0.2, 0.25) is 0 Å². The molecule has 1 N–H and O–H groups in total. The van der Waals surface area contributed by atoms with Crippen molar-refractivity contribution in [3.63, 3.8) is 0 Å². The number of rotatable bonds is 7. The summed E-state index contributed by atoms with van der Waals surface area (Å²) >= 11 is 9.48. The first kappa shape index (κ1) is 21.1. The Morgan fingerprint density at radius 2 is 1.86 bits per heavy atom. The summed E-state index contributed by atoms with van der Waals surface area (Å²) in [7, 11) is 0. The molecule has 0 atom stereocenters. The number of hydrogen-bond acceptors (Lipinski definition) is 5. The van der Waals surface area contributed by atoms with Gasteiger partial charge in [-0.15, -0.1) is 0 Å². The van der Waals surface area contributed by atoms with Gasteiger partial charge in [-0.25, -0.2) is 9.69 Å². The van der Waals surface area contributed by atoms with Gasteiger partial charge in [0.15, 0.2) is 0 Å². The highest BCUT2D eigenvalue weighted by molar-refractivity contribution is 9.10. The number of carbonyl (C=O) groups excluding carboxylic acids is 3. The second-order valence-corrected chi connectivity index (χ2v) is 7.60. The Morgan fingerprint density at radius 1 is 1.14 bits per heavy atom. The quantitative estimate of drug-likeness (QED) is 0.351. The van der Waals surface area contributed by atoms with Crippen molar-refractivity contribution in [2.45, 2.75) is 19.8 Å². The van der Waals surface area contributed by atoms with Crippen LogP contribution in [0.25, 0.3) is 0 Å². The van der Waals surface area contributed by atoms with E-state index in [0.717, 1.165) is 22.2 Å². The minimum absolute atomic E-state index is 0.0186. The lowest BCUT2D eigenvalue weighted by Gasteiger charge is -2.16. The molecular weight excluding hydrogens is 460 g/mol. The van der Waals surface area contributed by atoms with Crippen LogP contribution in [-0.4, -0.2) is 24.4 Å². The topological polar surface area (TPSA) is 75.7 Å². The zero-order valence-corrected chi connectivity index (χ0v) is 17.9. The molecule has 0 spiro atoms. The minimum atomic E-state index is -0.659. The van der Waals surface area contributed by atoms with Crippen LogP contribution in [-0.2, 0) is 14.3 Å². The van der Waals surface area contributed by atoms with Crippen molar-refractivity contribution in [3.8, 4) is 0 Å². The van der Waals surface area contributed by atoms with Gasteiger partial charge in [-0.1, -0.05) is 46.9 Å². The molecule has 1 aliphatic heterocycles. The smallest absolute Gasteiger partial charge is 0.338 e. The number of ether oxygens (including phenoxy) is 1. The molecule has 0 saturated heterocycles. The number of amides is 2. The molecule has 2 aromatic rings. The Morgan fingerprint density at radius 3 is 2.55 bits per heavy atom. The molecule has 8 heteroatoms. The number of halogens is 2. The van der Waals surface area contributed by atoms with Crippen LogP contribution in [0.1, 0.15) is 30.1 Å². The fraction of sp³-hybridized carbons (Fsp3) is 0.190. The van der Waals surface area contributed by atoms with Gasteiger partial charge in [0.05, 0.1) is 17.9 Å². The molecule has 1 aliphatic rings. The van der Waals surface area contributed by atoms with Gasteiger partial charge in [0, 0.05) is 10.2 Å². The first-order valence-electron chi connectivity index (χ1n) is 9.00. The number of nitrogens with zero attached hydrogens (tertiary/aromatic N) is 1. The molecule has 0 aromatic heterocycles. The first-order chi connectivity index (χ1) is 13.9. The fourth-order valence-corrected chi connectivity index (χ4v) is 3.16. The van der Waals surface area contributed by atoms with Crippen LogP contribution in [0, 0.1) is 0 Å². The van der Waals surface area contributed by atoms with E-state index in [2.05, 4.69) is 21.2 Å². The zero-order chi connectivity index (χ0) is 21.0. The van der Waals surface area contributed by atoms with Crippen LogP contribution >= 0.6 is 27.5 Å². The summed E-state index contributed by atoms with van der Waals surface area (Å²) in [5, 5.41) is 2.68. The maximum Gasteiger partial charge on any atom is 0.338 e. The second-order valence-electron chi connectivity index (χ2n) is 6.31. The summed E-state index contributed by atoms with van der Waals surface area (Å²) in [6, 6.07) is 13.2. The predicted molar refractivity (Wildman–Crippen MR) is 115 cm³/mol. The Balaban J connectivity index is 1.81. The zero-order valence-electron chi connectivity index (χ0n) is 15.6. The fourth-order valence-electron chi connectivity index (χ4n) is 2.69. The van der Waals surface area contributed by atoms with Gasteiger partial charge in [0.1, 0.15) is 10.7 Å². The van der Waals surface area contributed by atoms with Gasteiger partial charge in [-0.3, -0.25) is 9.59 Å². The molecule has 0 fully saturated rings. The molecule has 3 rings (SSSR count). The summed E-state index contributed by atoms with van der Waals surface area (Å²) in [4.78, 5) is 38.6. The highest BCUT2D eigenvalue weighted by atomic mass is 79.9. The van der Waals surface area contributed by atoms with Crippen LogP contribution in [0.3, 0.4) is 0 Å². The van der Waals surface area contributed by atoms with E-state index in [4.69, 9.17) is 16.3 Å². The molecule has 2 amide bonds. The predicted octanol–water partition coefficient (Wildman–Crippen LogP) is 4.84. The highest BCUT2D eigenvalue weighted by Gasteiger charge is 2.39. The van der Waals surface area contributed by atoms with Crippen LogP contribution < -0.4 is 10.2 Å². The first-order valence-corrected chi connectivity index (χ1v) is 10.2. The van der Waals surface area contributed by atoms with Crippen molar-refractivity contribution in [1.29, 1.82) is 0 Å². The maximum absolute atomic E-state index is 12.9. The van der Waals surface area contributed by atoms with Crippen molar-refractivity contribution in [2.24, 2.45) is 0 Å². The number of benzene rings is 2. The van der Waals surface area contributed by atoms with Crippen molar-refractivity contribution >= 4 is 56.7 Å². The molecule has 150 valence electrons. The van der Waals surface area contributed by atoms with Gasteiger partial charge in [-0.05, 0) is 48.9 Å². The standard InChI is InChI=1S/C21H18BrClN2O4/c1-2-3-11-29-21(28)13-5-4-6-16(12-13)25-19(26)17(23)18(20(25)27)24-15-9-7-14(22)8-10-15/h4-10,12,24H,2-3,11H2,1H3. The molecule has 6 nitrogen and oxygen atoms in total. The van der Waals surface area contributed by atoms with Gasteiger partial charge in [-0.2, -0.15) is 0 Å². The SMILES string of the molecule is CCCCOC(=O)c1cccc(N2C(=O)C(Cl)=C(Nc3ccc(Br)cc3)C2=O)c1. The average Bonchev–Trinajstić information content (AvgIpc) is 2.93. The number of nitrogens with one attached hydrogen (secondary N) is 1. The number of unbranched alkanes of at least 4 members (excludes halogenated alkanes) is 1. The number of imide groups is 1. The number of anilines is 2. The average molecular weight is 478 g/mol. The Hall–Kier alpha value is -2.64. The molecule has 0 unspecified atom stereocenters. The van der Waals surface area contributed by atoms with Crippen molar-refractivity contribution in [2.75, 3.05) is 16.8 Å². The molecular formula is C21H18BrClN2O4. The summed E-state index contributed by atoms with van der Waals surface area (Å²) in [6.45, 7) is 2.31. The lowest BCUT2D eigenvalue weighted by molar-refractivity contribution is -0.120. The van der Waals surface area contributed by atoms with E-state index >= 15 is 0 Å². The summed E-state index contributed by atoms with van der Waals surface area (Å²) in [5.74, 6) is -1.76. The van der Waals surface area contributed by atoms with Gasteiger partial charge >= 0.3 is 5.97 Å². The van der Waals surface area contributed by atoms with Crippen LogP contribution in [0.15, 0.2) is 63.7 Å². The minimum Gasteiger partial charge on any atom is -0.462 e. The number of esters is 1. The number of hydrogen-bond donors (Lipinski definition) is 1. The summed E-state index contributed by atoms with van der Waals surface area (Å²) in [5.41, 5.74) is 1.09. The highest BCUT2D eigenvalue weighted by Crippen LogP contribution is 2.31. The Kier molecular flexibility index (Phi) is 6.71. The van der Waals surface area contributed by atoms with Crippen molar-refractivity contribution in [1.82, 2.24) is 0 Å². The molecule has 29 heavy (non-hydrogen) atoms. The lowest BCUT2D eigenvalue weighted by Crippen LogP contribution is -2.32. The monoisotopic (exact) mass is 476 g/mol. The second kappa shape index (κ2) is 9.24. The van der Waals surface area contributed by atoms with Crippen LogP contribution in [0.4, 0.5) is 11.4 Å². The van der Waals surface area contributed by atoms with E-state index < -0.39 is 17.8 Å². The molecule has 1 heterocycles. The summed E-state index contributed by atoms with van der Waals surface area (Å²) < 4.78 is 6.07. The lowest BCUT2D eigenvalue weighted by atomic mass is 10.2. The van der Waals surface area contributed by atoms with E-state index in [0.29, 0.717) is 12.3 Å². The van der Waals surface area contributed by atoms with Crippen LogP contribution in [0.5, 0.6) is 0 Å². The van der Waals surface area contributed by atoms with E-state index in [1.807, 2.05) is 6.92 Å². The summed E-state index contributed by atoms with van der Waals surface area (Å²) in [6.07, 6.45) is 1.67. The van der Waals surface area contributed by atoms with Crippen molar-refractivity contribution < 1.29 is 19.1 Å². The molecule has 0 bridgehead atoms. The molecule has 0 aliphatic carbocycles. The largest absolute Gasteiger partial charge is 0.462 e. The normalized spacial score (nSPS) is 13.8. The van der Waals surface area contributed by atoms with E-state index in [9.17, 15) is 14.4 Å². The van der Waals surface area contributed by atoms with E-state index in [-0.39, 0.29) is 22.0 Å². The third kappa shape index (κ3) is 4.68. The molecule has 0 radical (unpaired) electrons. The van der Waals surface area contributed by atoms with E-state index in [1.165, 1.54) is 6.07 Å². The molecule has 2 aromatic carbocycles. The molecule has 0 saturated carbocycles. The third-order valence-corrected chi connectivity index (χ3v) is 5.09. The maximum atomic E-state index is 12.9. The number of carbonyl (C=O) groups is 3. The third-order valence-electron chi connectivity index (χ3n) is 4.21. The Labute approximate surface area is 181 Å². The van der Waals surface area contributed by atoms with Gasteiger partial charge < -0.3 is 10.1 Å². The van der Waals surface area contributed by atoms with E-state index in [1.54, 1.807) is 42.5 Å². The van der Waals surface area contributed by atoms with Crippen molar-refractivity contribution in [3.05, 3.63) is 69.3 Å². The van der Waals surface area contributed by atoms with Gasteiger partial charge in [0.2, 0.25) is 0 Å².